The van der Waals surface area contributed by atoms with E-state index in [1.807, 2.05) is 0 Å². The summed E-state index contributed by atoms with van der Waals surface area (Å²) >= 11 is 0. The molecule has 1 aromatic heterocycles. The molecule has 0 aliphatic carbocycles. The molecular weight excluding hydrogens is 312 g/mol. The Bertz CT molecular complexity index is 664. The summed E-state index contributed by atoms with van der Waals surface area (Å²) in [5, 5.41) is 3.61. The highest BCUT2D eigenvalue weighted by Crippen LogP contribution is 2.25. The molecule has 2 fully saturated rings. The SMILES string of the molecule is c1ccc(CN2CCC(Nc3cc([C@@H]4CCOC4)ncn3)CC2)cc1. The first kappa shape index (κ1) is 16.5. The number of hydrogen-bond acceptors (Lipinski definition) is 5. The van der Waals surface area contributed by atoms with Gasteiger partial charge < -0.3 is 10.1 Å². The highest BCUT2D eigenvalue weighted by Gasteiger charge is 2.22. The molecule has 4 rings (SSSR count). The van der Waals surface area contributed by atoms with Crippen molar-refractivity contribution in [2.24, 2.45) is 0 Å². The average molecular weight is 338 g/mol. The standard InChI is InChI=1S/C20H26N4O/c1-2-4-16(5-3-1)13-24-9-6-18(7-10-24)23-20-12-19(21-15-22-20)17-8-11-25-14-17/h1-5,12,15,17-18H,6-11,13-14H2,(H,21,22,23)/t17-/m1/s1. The van der Waals surface area contributed by atoms with E-state index in [0.29, 0.717) is 12.0 Å². The quantitative estimate of drug-likeness (QED) is 0.908. The van der Waals surface area contributed by atoms with Gasteiger partial charge >= 0.3 is 0 Å². The zero-order chi connectivity index (χ0) is 16.9. The van der Waals surface area contributed by atoms with E-state index in [1.54, 1.807) is 6.33 Å². The van der Waals surface area contributed by atoms with Crippen LogP contribution in [0, 0.1) is 0 Å². The van der Waals surface area contributed by atoms with Crippen LogP contribution in [0.25, 0.3) is 0 Å². The third-order valence-electron chi connectivity index (χ3n) is 5.22. The largest absolute Gasteiger partial charge is 0.381 e. The fourth-order valence-electron chi connectivity index (χ4n) is 3.73. The fraction of sp³-hybridized carbons (Fsp3) is 0.500. The summed E-state index contributed by atoms with van der Waals surface area (Å²) in [5.74, 6) is 1.38. The van der Waals surface area contributed by atoms with Gasteiger partial charge in [-0.2, -0.15) is 0 Å². The lowest BCUT2D eigenvalue weighted by atomic mass is 10.0. The van der Waals surface area contributed by atoms with Gasteiger partial charge in [0.1, 0.15) is 12.1 Å². The van der Waals surface area contributed by atoms with Crippen molar-refractivity contribution in [3.05, 3.63) is 54.0 Å². The minimum Gasteiger partial charge on any atom is -0.381 e. The predicted molar refractivity (Wildman–Crippen MR) is 98.6 cm³/mol. The van der Waals surface area contributed by atoms with Gasteiger partial charge in [-0.05, 0) is 24.8 Å². The van der Waals surface area contributed by atoms with Crippen molar-refractivity contribution in [3.63, 3.8) is 0 Å². The summed E-state index contributed by atoms with van der Waals surface area (Å²) in [6.45, 7) is 4.93. The van der Waals surface area contributed by atoms with Crippen LogP contribution >= 0.6 is 0 Å². The molecule has 2 aliphatic heterocycles. The third kappa shape index (κ3) is 4.35. The van der Waals surface area contributed by atoms with Crippen molar-refractivity contribution < 1.29 is 4.74 Å². The van der Waals surface area contributed by atoms with Gasteiger partial charge in [0.2, 0.25) is 0 Å². The molecule has 1 atom stereocenters. The summed E-state index contributed by atoms with van der Waals surface area (Å²) in [4.78, 5) is 11.4. The van der Waals surface area contributed by atoms with E-state index >= 15 is 0 Å². The van der Waals surface area contributed by atoms with Gasteiger partial charge in [-0.1, -0.05) is 30.3 Å². The van der Waals surface area contributed by atoms with Crippen molar-refractivity contribution in [1.82, 2.24) is 14.9 Å². The van der Waals surface area contributed by atoms with Crippen molar-refractivity contribution >= 4 is 5.82 Å². The molecule has 0 radical (unpaired) electrons. The Morgan fingerprint density at radius 3 is 2.68 bits per heavy atom. The molecule has 25 heavy (non-hydrogen) atoms. The number of hydrogen-bond donors (Lipinski definition) is 1. The Balaban J connectivity index is 1.29. The molecule has 5 heteroatoms. The smallest absolute Gasteiger partial charge is 0.129 e. The lowest BCUT2D eigenvalue weighted by molar-refractivity contribution is 0.193. The van der Waals surface area contributed by atoms with E-state index < -0.39 is 0 Å². The van der Waals surface area contributed by atoms with Crippen molar-refractivity contribution in [2.75, 3.05) is 31.6 Å². The maximum atomic E-state index is 5.48. The van der Waals surface area contributed by atoms with Gasteiger partial charge in [0.25, 0.3) is 0 Å². The molecule has 0 amide bonds. The average Bonchev–Trinajstić information content (AvgIpc) is 3.19. The summed E-state index contributed by atoms with van der Waals surface area (Å²) < 4.78 is 5.48. The van der Waals surface area contributed by atoms with Crippen LogP contribution in [0.2, 0.25) is 0 Å². The van der Waals surface area contributed by atoms with E-state index in [2.05, 4.69) is 56.6 Å². The highest BCUT2D eigenvalue weighted by atomic mass is 16.5. The molecule has 0 saturated carbocycles. The normalized spacial score (nSPS) is 22.2. The molecule has 132 valence electrons. The molecule has 5 nitrogen and oxygen atoms in total. The first-order valence-electron chi connectivity index (χ1n) is 9.29. The minimum atomic E-state index is 0.427. The first-order valence-corrected chi connectivity index (χ1v) is 9.29. The summed E-state index contributed by atoms with van der Waals surface area (Å²) in [5.41, 5.74) is 2.50. The summed E-state index contributed by atoms with van der Waals surface area (Å²) in [7, 11) is 0. The number of ether oxygens (including phenoxy) is 1. The van der Waals surface area contributed by atoms with Crippen LogP contribution in [0.5, 0.6) is 0 Å². The number of likely N-dealkylation sites (tertiary alicyclic amines) is 1. The second-order valence-corrected chi connectivity index (χ2v) is 7.07. The Morgan fingerprint density at radius 1 is 1.08 bits per heavy atom. The second kappa shape index (κ2) is 7.93. The van der Waals surface area contributed by atoms with Gasteiger partial charge in [-0.25, -0.2) is 9.97 Å². The number of anilines is 1. The van der Waals surface area contributed by atoms with E-state index in [-0.39, 0.29) is 0 Å². The molecule has 2 aliphatic rings. The van der Waals surface area contributed by atoms with Gasteiger partial charge in [0.15, 0.2) is 0 Å². The van der Waals surface area contributed by atoms with Gasteiger partial charge in [-0.3, -0.25) is 4.90 Å². The number of aromatic nitrogens is 2. The molecule has 2 saturated heterocycles. The Kier molecular flexibility index (Phi) is 5.23. The van der Waals surface area contributed by atoms with Crippen LogP contribution in [0.1, 0.15) is 36.4 Å². The maximum Gasteiger partial charge on any atom is 0.129 e. The number of rotatable bonds is 5. The lowest BCUT2D eigenvalue weighted by Crippen LogP contribution is -2.38. The van der Waals surface area contributed by atoms with E-state index in [9.17, 15) is 0 Å². The van der Waals surface area contributed by atoms with Crippen molar-refractivity contribution in [2.45, 2.75) is 37.8 Å². The molecule has 0 unspecified atom stereocenters. The number of benzene rings is 1. The molecular formula is C20H26N4O. The van der Waals surface area contributed by atoms with Crippen LogP contribution in [0.4, 0.5) is 5.82 Å². The van der Waals surface area contributed by atoms with Crippen LogP contribution in [0.3, 0.4) is 0 Å². The number of piperidine rings is 1. The number of nitrogens with one attached hydrogen (secondary N) is 1. The molecule has 0 spiro atoms. The molecule has 1 N–H and O–H groups in total. The maximum absolute atomic E-state index is 5.48. The van der Waals surface area contributed by atoms with E-state index in [4.69, 9.17) is 4.74 Å². The van der Waals surface area contributed by atoms with Crippen LogP contribution in [0.15, 0.2) is 42.7 Å². The Hall–Kier alpha value is -1.98. The zero-order valence-electron chi connectivity index (χ0n) is 14.6. The highest BCUT2D eigenvalue weighted by molar-refractivity contribution is 5.37. The fourth-order valence-corrected chi connectivity index (χ4v) is 3.73. The van der Waals surface area contributed by atoms with Crippen molar-refractivity contribution in [3.8, 4) is 0 Å². The van der Waals surface area contributed by atoms with E-state index in [0.717, 1.165) is 63.6 Å². The lowest BCUT2D eigenvalue weighted by Gasteiger charge is -2.32. The summed E-state index contributed by atoms with van der Waals surface area (Å²) in [6, 6.07) is 13.3. The number of nitrogens with zero attached hydrogens (tertiary/aromatic N) is 3. The summed E-state index contributed by atoms with van der Waals surface area (Å²) in [6.07, 6.45) is 5.05. The molecule has 3 heterocycles. The predicted octanol–water partition coefficient (Wildman–Crippen LogP) is 3.06. The zero-order valence-corrected chi connectivity index (χ0v) is 14.6. The van der Waals surface area contributed by atoms with Crippen molar-refractivity contribution in [1.29, 1.82) is 0 Å². The van der Waals surface area contributed by atoms with E-state index in [1.165, 1.54) is 5.56 Å². The Morgan fingerprint density at radius 2 is 1.92 bits per heavy atom. The van der Waals surface area contributed by atoms with Gasteiger partial charge in [-0.15, -0.1) is 0 Å². The molecule has 1 aromatic carbocycles. The first-order chi connectivity index (χ1) is 12.4. The molecule has 2 aromatic rings. The van der Waals surface area contributed by atoms with Gasteiger partial charge in [0.05, 0.1) is 12.3 Å². The molecule has 0 bridgehead atoms. The Labute approximate surface area is 149 Å². The van der Waals surface area contributed by atoms with Crippen LogP contribution < -0.4 is 5.32 Å². The monoisotopic (exact) mass is 338 g/mol. The van der Waals surface area contributed by atoms with Gasteiger partial charge in [0, 0.05) is 44.3 Å². The van der Waals surface area contributed by atoms with Crippen LogP contribution in [-0.2, 0) is 11.3 Å². The topological polar surface area (TPSA) is 50.3 Å². The minimum absolute atomic E-state index is 0.427. The second-order valence-electron chi connectivity index (χ2n) is 7.07. The van der Waals surface area contributed by atoms with Crippen LogP contribution in [-0.4, -0.2) is 47.2 Å². The third-order valence-corrected chi connectivity index (χ3v) is 5.22.